The average Bonchev–Trinajstić information content (AvgIpc) is 3.46. The molecule has 0 radical (unpaired) electrons. The van der Waals surface area contributed by atoms with Crippen molar-refractivity contribution in [2.24, 2.45) is 0 Å². The lowest BCUT2D eigenvalue weighted by molar-refractivity contribution is -0.166. The molecular weight excluding hydrogens is 985 g/mol. The fourth-order valence-electron chi connectivity index (χ4n) is 9.76. The SMILES string of the molecule is CC/C=C\C/C=C\C/C=C\C/C=C\C/C=C\CC(=O)OCC(COC(=O)CCCCCCCCCCCCCCCCCCCCCCCCCC)OC(=O)CCCCCCCCCC/C=C\C/C=C\C/C=C\CCCCCCC. The zero-order valence-corrected chi connectivity index (χ0v) is 52.8. The predicted molar refractivity (Wildman–Crippen MR) is 348 cm³/mol. The Morgan fingerprint density at radius 2 is 0.537 bits per heavy atom. The zero-order valence-electron chi connectivity index (χ0n) is 52.8. The van der Waals surface area contributed by atoms with Gasteiger partial charge in [-0.15, -0.1) is 0 Å². The van der Waals surface area contributed by atoms with Crippen LogP contribution in [-0.2, 0) is 28.6 Å². The molecule has 0 aliphatic carbocycles. The van der Waals surface area contributed by atoms with E-state index in [0.29, 0.717) is 12.8 Å². The average molecular weight is 1110 g/mol. The Hall–Kier alpha value is -3.67. The second kappa shape index (κ2) is 67.8. The smallest absolute Gasteiger partial charge is 0.309 e. The second-order valence-corrected chi connectivity index (χ2v) is 22.7. The van der Waals surface area contributed by atoms with Crippen molar-refractivity contribution in [1.82, 2.24) is 0 Å². The second-order valence-electron chi connectivity index (χ2n) is 22.7. The Labute approximate surface area is 496 Å². The van der Waals surface area contributed by atoms with Gasteiger partial charge >= 0.3 is 17.9 Å². The van der Waals surface area contributed by atoms with Crippen LogP contribution in [0, 0.1) is 0 Å². The van der Waals surface area contributed by atoms with E-state index in [4.69, 9.17) is 14.2 Å². The van der Waals surface area contributed by atoms with Crippen LogP contribution in [0.4, 0.5) is 0 Å². The molecule has 460 valence electrons. The van der Waals surface area contributed by atoms with Crippen molar-refractivity contribution in [2.75, 3.05) is 13.2 Å². The third kappa shape index (κ3) is 65.1. The number of hydrogen-bond donors (Lipinski definition) is 0. The van der Waals surface area contributed by atoms with Crippen LogP contribution in [-0.4, -0.2) is 37.2 Å². The van der Waals surface area contributed by atoms with Crippen LogP contribution in [0.1, 0.15) is 335 Å². The van der Waals surface area contributed by atoms with Gasteiger partial charge in [0.25, 0.3) is 0 Å². The van der Waals surface area contributed by atoms with E-state index in [9.17, 15) is 14.4 Å². The highest BCUT2D eigenvalue weighted by molar-refractivity contribution is 5.72. The molecule has 0 bridgehead atoms. The lowest BCUT2D eigenvalue weighted by Gasteiger charge is -2.18. The Bertz CT molecular complexity index is 1560. The fraction of sp³-hybridized carbons (Fsp3) is 0.743. The fourth-order valence-corrected chi connectivity index (χ4v) is 9.76. The minimum absolute atomic E-state index is 0.108. The van der Waals surface area contributed by atoms with Gasteiger partial charge in [0, 0.05) is 12.8 Å². The normalized spacial score (nSPS) is 12.7. The summed E-state index contributed by atoms with van der Waals surface area (Å²) in [5.74, 6) is -1.04. The molecule has 0 rings (SSSR count). The van der Waals surface area contributed by atoms with Gasteiger partial charge in [-0.05, 0) is 83.5 Å². The molecule has 1 atom stereocenters. The first kappa shape index (κ1) is 76.3. The number of carbonyl (C=O) groups excluding carboxylic acids is 3. The Morgan fingerprint density at radius 3 is 0.875 bits per heavy atom. The summed E-state index contributed by atoms with van der Waals surface area (Å²) in [6, 6.07) is 0. The van der Waals surface area contributed by atoms with Gasteiger partial charge in [-0.1, -0.05) is 330 Å². The summed E-state index contributed by atoms with van der Waals surface area (Å²) in [5, 5.41) is 0. The molecule has 0 aromatic heterocycles. The highest BCUT2D eigenvalue weighted by atomic mass is 16.6. The molecule has 80 heavy (non-hydrogen) atoms. The maximum atomic E-state index is 12.9. The Balaban J connectivity index is 4.39. The molecule has 0 aromatic carbocycles. The van der Waals surface area contributed by atoms with E-state index < -0.39 is 12.1 Å². The summed E-state index contributed by atoms with van der Waals surface area (Å²) in [6.07, 6.45) is 91.7. The molecule has 0 aliphatic rings. The lowest BCUT2D eigenvalue weighted by atomic mass is 10.0. The minimum atomic E-state index is -0.823. The maximum Gasteiger partial charge on any atom is 0.309 e. The van der Waals surface area contributed by atoms with Crippen molar-refractivity contribution in [3.63, 3.8) is 0 Å². The van der Waals surface area contributed by atoms with Gasteiger partial charge in [0.2, 0.25) is 0 Å². The molecule has 0 saturated heterocycles. The van der Waals surface area contributed by atoms with Crippen LogP contribution >= 0.6 is 0 Å². The molecule has 6 heteroatoms. The molecule has 0 spiro atoms. The molecular formula is C74H128O6. The van der Waals surface area contributed by atoms with Crippen molar-refractivity contribution >= 4 is 17.9 Å². The number of hydrogen-bond acceptors (Lipinski definition) is 6. The zero-order chi connectivity index (χ0) is 57.8. The van der Waals surface area contributed by atoms with Crippen molar-refractivity contribution in [2.45, 2.75) is 341 Å². The highest BCUT2D eigenvalue weighted by Crippen LogP contribution is 2.17. The van der Waals surface area contributed by atoms with Crippen LogP contribution in [0.5, 0.6) is 0 Å². The molecule has 0 amide bonds. The van der Waals surface area contributed by atoms with E-state index in [0.717, 1.165) is 89.9 Å². The van der Waals surface area contributed by atoms with Gasteiger partial charge < -0.3 is 14.2 Å². The van der Waals surface area contributed by atoms with Gasteiger partial charge in [-0.25, -0.2) is 0 Å². The number of esters is 3. The molecule has 0 saturated carbocycles. The van der Waals surface area contributed by atoms with Crippen LogP contribution < -0.4 is 0 Å². The standard InChI is InChI=1S/C74H128O6/c1-4-7-10-13-16-19-22-25-28-30-32-34-36-38-39-41-43-46-49-52-55-58-61-64-67-73(76)79-70-71(69-78-72(75)66-63-60-57-54-51-48-45-27-24-21-18-15-12-9-6-3)80-74(77)68-65-62-59-56-53-50-47-44-42-40-37-35-33-31-29-26-23-20-17-14-11-8-5-2/h9,12,18,21,23,26-27,31,33,37,40,45,51,54,60,63,71H,4-8,10-11,13-17,19-20,22,24-25,28-30,32,34-36,38-39,41-44,46-50,52-53,55-59,61-62,64-70H2,1-3H3/b12-9-,21-18-,26-23-,33-31-,40-37-,45-27-,54-51-,63-60-. The van der Waals surface area contributed by atoms with Crippen molar-refractivity contribution in [3.05, 3.63) is 97.2 Å². The third-order valence-corrected chi connectivity index (χ3v) is 14.9. The summed E-state index contributed by atoms with van der Waals surface area (Å²) in [6.45, 7) is 6.46. The monoisotopic (exact) mass is 1110 g/mol. The number of ether oxygens (including phenoxy) is 3. The maximum absolute atomic E-state index is 12.9. The molecule has 0 aromatic rings. The summed E-state index contributed by atoms with van der Waals surface area (Å²) in [7, 11) is 0. The van der Waals surface area contributed by atoms with Crippen molar-refractivity contribution < 1.29 is 28.6 Å². The third-order valence-electron chi connectivity index (χ3n) is 14.9. The summed E-state index contributed by atoms with van der Waals surface area (Å²) in [4.78, 5) is 38.3. The van der Waals surface area contributed by atoms with Crippen molar-refractivity contribution in [1.29, 1.82) is 0 Å². The molecule has 0 aliphatic heterocycles. The van der Waals surface area contributed by atoms with Gasteiger partial charge in [0.1, 0.15) is 13.2 Å². The number of unbranched alkanes of at least 4 members (excludes halogenated alkanes) is 36. The highest BCUT2D eigenvalue weighted by Gasteiger charge is 2.19. The van der Waals surface area contributed by atoms with Gasteiger partial charge in [-0.3, -0.25) is 14.4 Å². The van der Waals surface area contributed by atoms with E-state index in [1.54, 1.807) is 6.08 Å². The summed E-state index contributed by atoms with van der Waals surface area (Å²) in [5.41, 5.74) is 0. The molecule has 0 heterocycles. The summed E-state index contributed by atoms with van der Waals surface area (Å²) < 4.78 is 16.9. The van der Waals surface area contributed by atoms with E-state index >= 15 is 0 Å². The van der Waals surface area contributed by atoms with E-state index in [1.807, 2.05) is 6.08 Å². The molecule has 6 nitrogen and oxygen atoms in total. The summed E-state index contributed by atoms with van der Waals surface area (Å²) >= 11 is 0. The predicted octanol–water partition coefficient (Wildman–Crippen LogP) is 23.6. The van der Waals surface area contributed by atoms with Crippen LogP contribution in [0.2, 0.25) is 0 Å². The Kier molecular flexibility index (Phi) is 64.7. The lowest BCUT2D eigenvalue weighted by Crippen LogP contribution is -2.30. The van der Waals surface area contributed by atoms with Crippen LogP contribution in [0.3, 0.4) is 0 Å². The van der Waals surface area contributed by atoms with Crippen LogP contribution in [0.25, 0.3) is 0 Å². The quantitative estimate of drug-likeness (QED) is 0.0261. The number of allylic oxidation sites excluding steroid dienone is 15. The molecule has 1 unspecified atom stereocenters. The largest absolute Gasteiger partial charge is 0.462 e. The topological polar surface area (TPSA) is 78.9 Å². The number of carbonyl (C=O) groups is 3. The van der Waals surface area contributed by atoms with Crippen molar-refractivity contribution in [3.8, 4) is 0 Å². The minimum Gasteiger partial charge on any atom is -0.462 e. The number of rotatable bonds is 62. The van der Waals surface area contributed by atoms with E-state index in [1.165, 1.54) is 205 Å². The van der Waals surface area contributed by atoms with E-state index in [2.05, 4.69) is 106 Å². The molecule has 0 N–H and O–H groups in total. The first-order valence-corrected chi connectivity index (χ1v) is 34.2. The molecule has 0 fully saturated rings. The first-order chi connectivity index (χ1) is 39.5. The van der Waals surface area contributed by atoms with Gasteiger partial charge in [0.05, 0.1) is 6.42 Å². The van der Waals surface area contributed by atoms with E-state index in [-0.39, 0.29) is 31.6 Å². The first-order valence-electron chi connectivity index (χ1n) is 34.2. The van der Waals surface area contributed by atoms with Crippen LogP contribution in [0.15, 0.2) is 97.2 Å². The van der Waals surface area contributed by atoms with Gasteiger partial charge in [0.15, 0.2) is 6.10 Å². The Morgan fingerprint density at radius 1 is 0.275 bits per heavy atom. The van der Waals surface area contributed by atoms with Gasteiger partial charge in [-0.2, -0.15) is 0 Å².